The minimum Gasteiger partial charge on any atom is -0.399 e. The molecule has 1 aromatic carbocycles. The molecule has 7 heteroatoms. The van der Waals surface area contributed by atoms with Crippen molar-refractivity contribution in [2.45, 2.75) is 18.9 Å². The van der Waals surface area contributed by atoms with Crippen LogP contribution in [0, 0.1) is 0 Å². The first-order valence-corrected chi connectivity index (χ1v) is 7.54. The third-order valence-electron chi connectivity index (χ3n) is 3.45. The Balaban J connectivity index is 2.02. The summed E-state index contributed by atoms with van der Waals surface area (Å²) in [6, 6.07) is 3.07. The van der Waals surface area contributed by atoms with Gasteiger partial charge in [-0.05, 0) is 25.0 Å². The molecule has 0 aliphatic carbocycles. The van der Waals surface area contributed by atoms with Crippen molar-refractivity contribution >= 4 is 34.8 Å². The van der Waals surface area contributed by atoms with Crippen molar-refractivity contribution in [3.05, 3.63) is 27.7 Å². The molecule has 1 aliphatic rings. The third kappa shape index (κ3) is 4.01. The van der Waals surface area contributed by atoms with Crippen LogP contribution in [-0.4, -0.2) is 48.3 Å². The smallest absolute Gasteiger partial charge is 0.255 e. The maximum Gasteiger partial charge on any atom is 0.255 e. The first kappa shape index (κ1) is 16.4. The van der Waals surface area contributed by atoms with Gasteiger partial charge in [-0.2, -0.15) is 0 Å². The largest absolute Gasteiger partial charge is 0.399 e. The number of likely N-dealkylation sites (tertiary alicyclic amines) is 1. The van der Waals surface area contributed by atoms with Crippen LogP contribution in [-0.2, 0) is 4.74 Å². The van der Waals surface area contributed by atoms with Gasteiger partial charge in [0.15, 0.2) is 0 Å². The summed E-state index contributed by atoms with van der Waals surface area (Å²) in [6.07, 6.45) is 1.56. The number of nitrogen functional groups attached to an aromatic ring is 1. The third-order valence-corrected chi connectivity index (χ3v) is 4.26. The molecule has 116 valence electrons. The molecule has 2 rings (SSSR count). The van der Waals surface area contributed by atoms with E-state index in [9.17, 15) is 4.79 Å². The summed E-state index contributed by atoms with van der Waals surface area (Å²) in [4.78, 5) is 14.2. The predicted octanol–water partition coefficient (Wildman–Crippen LogP) is 2.19. The van der Waals surface area contributed by atoms with Gasteiger partial charge in [0.1, 0.15) is 0 Å². The van der Waals surface area contributed by atoms with E-state index in [2.05, 4.69) is 0 Å². The molecule has 1 amide bonds. The van der Waals surface area contributed by atoms with Gasteiger partial charge in [0.2, 0.25) is 0 Å². The molecule has 1 saturated heterocycles. The highest BCUT2D eigenvalue weighted by atomic mass is 35.5. The zero-order valence-corrected chi connectivity index (χ0v) is 13.0. The van der Waals surface area contributed by atoms with Gasteiger partial charge in [0.05, 0.1) is 34.9 Å². The Labute approximate surface area is 133 Å². The summed E-state index contributed by atoms with van der Waals surface area (Å²) in [5.41, 5.74) is 6.46. The molecule has 0 spiro atoms. The fraction of sp³-hybridized carbons (Fsp3) is 0.500. The van der Waals surface area contributed by atoms with Gasteiger partial charge >= 0.3 is 0 Å². The molecule has 0 radical (unpaired) electrons. The van der Waals surface area contributed by atoms with E-state index in [1.54, 1.807) is 11.0 Å². The highest BCUT2D eigenvalue weighted by Crippen LogP contribution is 2.30. The second kappa shape index (κ2) is 7.31. The van der Waals surface area contributed by atoms with E-state index in [1.165, 1.54) is 6.07 Å². The molecule has 1 heterocycles. The first-order chi connectivity index (χ1) is 10.0. The summed E-state index contributed by atoms with van der Waals surface area (Å²) < 4.78 is 5.47. The lowest BCUT2D eigenvalue weighted by atomic mass is 10.1. The van der Waals surface area contributed by atoms with Crippen molar-refractivity contribution in [1.82, 2.24) is 4.90 Å². The topological polar surface area (TPSA) is 75.8 Å². The van der Waals surface area contributed by atoms with Crippen LogP contribution in [0.25, 0.3) is 0 Å². The Kier molecular flexibility index (Phi) is 5.70. The van der Waals surface area contributed by atoms with E-state index >= 15 is 0 Å². The highest BCUT2D eigenvalue weighted by Gasteiger charge is 2.26. The maximum atomic E-state index is 12.5. The number of hydrogen-bond acceptors (Lipinski definition) is 4. The number of halogens is 2. The lowest BCUT2D eigenvalue weighted by Gasteiger charge is -2.32. The number of nitrogens with two attached hydrogens (primary N) is 1. The number of amides is 1. The number of carbonyl (C=O) groups excluding carboxylic acids is 1. The van der Waals surface area contributed by atoms with Crippen LogP contribution in [0.5, 0.6) is 0 Å². The quantitative estimate of drug-likeness (QED) is 0.828. The maximum absolute atomic E-state index is 12.5. The number of nitrogens with zero attached hydrogens (tertiary/aromatic N) is 1. The van der Waals surface area contributed by atoms with Crippen molar-refractivity contribution in [1.29, 1.82) is 0 Å². The summed E-state index contributed by atoms with van der Waals surface area (Å²) in [6.45, 7) is 1.50. The average molecular weight is 333 g/mol. The molecule has 3 N–H and O–H groups in total. The van der Waals surface area contributed by atoms with E-state index in [-0.39, 0.29) is 28.7 Å². The average Bonchev–Trinajstić information content (AvgIpc) is 2.48. The Morgan fingerprint density at radius 1 is 1.38 bits per heavy atom. The predicted molar refractivity (Wildman–Crippen MR) is 82.8 cm³/mol. The van der Waals surface area contributed by atoms with E-state index in [4.69, 9.17) is 38.8 Å². The van der Waals surface area contributed by atoms with Crippen LogP contribution in [0.2, 0.25) is 10.0 Å². The molecular weight excluding hydrogens is 315 g/mol. The molecule has 1 aliphatic heterocycles. The second-order valence-electron chi connectivity index (χ2n) is 4.95. The summed E-state index contributed by atoms with van der Waals surface area (Å²) >= 11 is 12.0. The molecule has 5 nitrogen and oxygen atoms in total. The Bertz CT molecular complexity index is 517. The van der Waals surface area contributed by atoms with Crippen LogP contribution in [0.1, 0.15) is 23.2 Å². The van der Waals surface area contributed by atoms with E-state index in [0.29, 0.717) is 30.9 Å². The number of hydrogen-bond donors (Lipinski definition) is 2. The fourth-order valence-electron chi connectivity index (χ4n) is 2.38. The van der Waals surface area contributed by atoms with Gasteiger partial charge in [-0.3, -0.25) is 4.79 Å². The number of aliphatic hydroxyl groups excluding tert-OH is 1. The van der Waals surface area contributed by atoms with Crippen molar-refractivity contribution in [2.24, 2.45) is 0 Å². The van der Waals surface area contributed by atoms with Gasteiger partial charge in [-0.15, -0.1) is 0 Å². The van der Waals surface area contributed by atoms with E-state index in [1.807, 2.05) is 0 Å². The molecule has 0 aromatic heterocycles. The summed E-state index contributed by atoms with van der Waals surface area (Å²) in [5.74, 6) is -0.171. The number of anilines is 1. The van der Waals surface area contributed by atoms with Gasteiger partial charge in [0.25, 0.3) is 5.91 Å². The molecule has 1 aromatic rings. The molecule has 21 heavy (non-hydrogen) atoms. The SMILES string of the molecule is Nc1cc(Cl)c(Cl)c(C(=O)N2CCC(OCCO)CC2)c1. The zero-order chi connectivity index (χ0) is 15.4. The minimum absolute atomic E-state index is 0.0105. The van der Waals surface area contributed by atoms with Crippen LogP contribution in [0.3, 0.4) is 0 Å². The lowest BCUT2D eigenvalue weighted by molar-refractivity contribution is -0.00553. The number of ether oxygens (including phenoxy) is 1. The molecular formula is C14H18Cl2N2O3. The molecule has 1 fully saturated rings. The Morgan fingerprint density at radius 2 is 2.05 bits per heavy atom. The lowest BCUT2D eigenvalue weighted by Crippen LogP contribution is -2.41. The molecule has 0 saturated carbocycles. The normalized spacial score (nSPS) is 16.2. The number of rotatable bonds is 4. The standard InChI is InChI=1S/C14H18Cl2N2O3/c15-12-8-9(17)7-11(13(12)16)14(20)18-3-1-10(2-4-18)21-6-5-19/h7-8,10,19H,1-6,17H2. The van der Waals surface area contributed by atoms with Crippen molar-refractivity contribution in [3.63, 3.8) is 0 Å². The number of aliphatic hydroxyl groups is 1. The molecule has 0 atom stereocenters. The van der Waals surface area contributed by atoms with Crippen LogP contribution < -0.4 is 5.73 Å². The minimum atomic E-state index is -0.171. The van der Waals surface area contributed by atoms with Crippen molar-refractivity contribution < 1.29 is 14.6 Å². The number of benzene rings is 1. The van der Waals surface area contributed by atoms with E-state index in [0.717, 1.165) is 12.8 Å². The van der Waals surface area contributed by atoms with Crippen molar-refractivity contribution in [2.75, 3.05) is 32.0 Å². The highest BCUT2D eigenvalue weighted by molar-refractivity contribution is 6.44. The fourth-order valence-corrected chi connectivity index (χ4v) is 2.80. The summed E-state index contributed by atoms with van der Waals surface area (Å²) in [7, 11) is 0. The van der Waals surface area contributed by atoms with Gasteiger partial charge < -0.3 is 20.5 Å². The van der Waals surface area contributed by atoms with Crippen LogP contribution >= 0.6 is 23.2 Å². The number of piperidine rings is 1. The van der Waals surface area contributed by atoms with Crippen LogP contribution in [0.4, 0.5) is 5.69 Å². The van der Waals surface area contributed by atoms with E-state index < -0.39 is 0 Å². The first-order valence-electron chi connectivity index (χ1n) is 6.79. The molecule has 0 bridgehead atoms. The van der Waals surface area contributed by atoms with Gasteiger partial charge in [-0.1, -0.05) is 23.2 Å². The van der Waals surface area contributed by atoms with Crippen LogP contribution in [0.15, 0.2) is 12.1 Å². The summed E-state index contributed by atoms with van der Waals surface area (Å²) in [5, 5.41) is 9.25. The molecule has 0 unspecified atom stereocenters. The Hall–Kier alpha value is -1.01. The van der Waals surface area contributed by atoms with Gasteiger partial charge in [-0.25, -0.2) is 0 Å². The van der Waals surface area contributed by atoms with Gasteiger partial charge in [0, 0.05) is 18.8 Å². The Morgan fingerprint density at radius 3 is 2.67 bits per heavy atom. The number of carbonyl (C=O) groups is 1. The monoisotopic (exact) mass is 332 g/mol. The zero-order valence-electron chi connectivity index (χ0n) is 11.5. The second-order valence-corrected chi connectivity index (χ2v) is 5.74. The van der Waals surface area contributed by atoms with Crippen molar-refractivity contribution in [3.8, 4) is 0 Å².